The Balaban J connectivity index is 1.58. The molecule has 0 spiro atoms. The Morgan fingerprint density at radius 3 is 2.00 bits per heavy atom. The minimum atomic E-state index is -5.11. The number of hydrogen-bond donors (Lipinski definition) is 1. The number of amides is 2. The summed E-state index contributed by atoms with van der Waals surface area (Å²) in [6.45, 7) is 0.143. The van der Waals surface area contributed by atoms with Gasteiger partial charge in [0.15, 0.2) is 0 Å². The first-order valence-electron chi connectivity index (χ1n) is 13.4. The summed E-state index contributed by atoms with van der Waals surface area (Å²) in [5.74, 6) is -1.41. The number of alkyl halides is 6. The number of fused-ring (bicyclic) bond motifs is 1. The summed E-state index contributed by atoms with van der Waals surface area (Å²) in [5, 5.41) is 5.28. The zero-order chi connectivity index (χ0) is 32.2. The van der Waals surface area contributed by atoms with E-state index in [1.54, 1.807) is 18.2 Å². The average Bonchev–Trinajstić information content (AvgIpc) is 2.97. The van der Waals surface area contributed by atoms with Gasteiger partial charge in [-0.2, -0.15) is 26.3 Å². The van der Waals surface area contributed by atoms with Crippen molar-refractivity contribution in [3.05, 3.63) is 117 Å². The average molecular weight is 655 g/mol. The van der Waals surface area contributed by atoms with Crippen LogP contribution in [0.1, 0.15) is 45.5 Å². The van der Waals surface area contributed by atoms with Crippen molar-refractivity contribution in [2.75, 3.05) is 7.05 Å². The molecule has 4 nitrogen and oxygen atoms in total. The predicted molar refractivity (Wildman–Crippen MR) is 158 cm³/mol. The summed E-state index contributed by atoms with van der Waals surface area (Å²) < 4.78 is 80.8. The minimum Gasteiger partial charge on any atom is -0.352 e. The first-order valence-corrected chi connectivity index (χ1v) is 14.1. The zero-order valence-corrected chi connectivity index (χ0v) is 24.7. The Hall–Kier alpha value is -3.76. The van der Waals surface area contributed by atoms with Crippen LogP contribution in [0.5, 0.6) is 0 Å². The van der Waals surface area contributed by atoms with Crippen LogP contribution in [0.25, 0.3) is 10.8 Å². The summed E-state index contributed by atoms with van der Waals surface area (Å²) in [6.07, 6.45) is -10.0. The molecule has 1 N–H and O–H groups in total. The van der Waals surface area contributed by atoms with Gasteiger partial charge < -0.3 is 10.2 Å². The fourth-order valence-electron chi connectivity index (χ4n) is 4.75. The highest BCUT2D eigenvalue weighted by Crippen LogP contribution is 2.37. The zero-order valence-electron chi connectivity index (χ0n) is 23.2. The predicted octanol–water partition coefficient (Wildman–Crippen LogP) is 8.96. The molecule has 0 bridgehead atoms. The molecule has 2 amide bonds. The second kappa shape index (κ2) is 13.5. The van der Waals surface area contributed by atoms with E-state index in [1.165, 1.54) is 7.05 Å². The Morgan fingerprint density at radius 2 is 1.39 bits per heavy atom. The van der Waals surface area contributed by atoms with Crippen LogP contribution < -0.4 is 5.32 Å². The Morgan fingerprint density at radius 1 is 0.773 bits per heavy atom. The number of nitrogens with one attached hydrogen (secondary N) is 1. The second-order valence-corrected chi connectivity index (χ2v) is 11.1. The van der Waals surface area contributed by atoms with E-state index >= 15 is 0 Å². The highest BCUT2D eigenvalue weighted by atomic mass is 35.5. The third-order valence-electron chi connectivity index (χ3n) is 7.17. The number of carbonyl (C=O) groups is 2. The topological polar surface area (TPSA) is 49.4 Å². The van der Waals surface area contributed by atoms with E-state index in [-0.39, 0.29) is 37.8 Å². The first-order chi connectivity index (χ1) is 20.6. The molecule has 4 rings (SSSR count). The molecule has 44 heavy (non-hydrogen) atoms. The van der Waals surface area contributed by atoms with Gasteiger partial charge in [0.25, 0.3) is 5.91 Å². The van der Waals surface area contributed by atoms with Gasteiger partial charge in [0.2, 0.25) is 5.91 Å². The molecular formula is C32H26Cl2F6N2O2. The lowest BCUT2D eigenvalue weighted by Gasteiger charge is -2.29. The van der Waals surface area contributed by atoms with Crippen LogP contribution in [0.3, 0.4) is 0 Å². The van der Waals surface area contributed by atoms with Crippen LogP contribution in [0, 0.1) is 0 Å². The van der Waals surface area contributed by atoms with Crippen molar-refractivity contribution in [1.82, 2.24) is 10.2 Å². The standard InChI is InChI=1S/C32H26Cl2F6N2O2/c1-42(30(44)23-15-24(31(35,36)37)17-25(16-23)32(38,39)40)26(13-19-6-8-21-4-2-3-5-22(21)12-19)9-11-29(43)41-18-20-7-10-27(33)28(34)14-20/h2-8,10,12,14-17,26H,9,11,13,18H2,1H3,(H,41,43). The van der Waals surface area contributed by atoms with Gasteiger partial charge in [-0.15, -0.1) is 0 Å². The van der Waals surface area contributed by atoms with Crippen molar-refractivity contribution in [3.8, 4) is 0 Å². The number of benzene rings is 4. The Labute approximate surface area is 259 Å². The molecule has 0 fully saturated rings. The Kier molecular flexibility index (Phi) is 10.2. The number of carbonyl (C=O) groups excluding carboxylic acids is 2. The maximum atomic E-state index is 13.5. The van der Waals surface area contributed by atoms with Crippen molar-refractivity contribution >= 4 is 45.8 Å². The fraction of sp³-hybridized carbons (Fsp3) is 0.250. The smallest absolute Gasteiger partial charge is 0.352 e. The first kappa shape index (κ1) is 33.1. The third kappa shape index (κ3) is 8.45. The number of hydrogen-bond acceptors (Lipinski definition) is 2. The molecule has 232 valence electrons. The minimum absolute atomic E-state index is 0.0262. The summed E-state index contributed by atoms with van der Waals surface area (Å²) in [4.78, 5) is 27.3. The van der Waals surface area contributed by atoms with Gasteiger partial charge in [-0.3, -0.25) is 9.59 Å². The van der Waals surface area contributed by atoms with Crippen molar-refractivity contribution in [3.63, 3.8) is 0 Å². The summed E-state index contributed by atoms with van der Waals surface area (Å²) in [6, 6.07) is 18.0. The molecule has 0 aliphatic carbocycles. The van der Waals surface area contributed by atoms with Gasteiger partial charge >= 0.3 is 12.4 Å². The molecule has 0 saturated heterocycles. The number of nitrogens with zero attached hydrogens (tertiary/aromatic N) is 1. The lowest BCUT2D eigenvalue weighted by atomic mass is 9.97. The van der Waals surface area contributed by atoms with Crippen molar-refractivity contribution in [1.29, 1.82) is 0 Å². The third-order valence-corrected chi connectivity index (χ3v) is 7.91. The van der Waals surface area contributed by atoms with Gasteiger partial charge in [0.1, 0.15) is 0 Å². The van der Waals surface area contributed by atoms with E-state index in [0.29, 0.717) is 27.7 Å². The van der Waals surface area contributed by atoms with E-state index in [0.717, 1.165) is 21.2 Å². The molecule has 4 aromatic rings. The van der Waals surface area contributed by atoms with Gasteiger partial charge in [0.05, 0.1) is 21.2 Å². The molecule has 0 aliphatic rings. The lowest BCUT2D eigenvalue weighted by molar-refractivity contribution is -0.143. The largest absolute Gasteiger partial charge is 0.416 e. The maximum absolute atomic E-state index is 13.5. The summed E-state index contributed by atoms with van der Waals surface area (Å²) in [5.41, 5.74) is -2.47. The lowest BCUT2D eigenvalue weighted by Crippen LogP contribution is -2.39. The number of likely N-dealkylation sites (N-methyl/N-ethyl adjacent to an activating group) is 1. The molecule has 4 aromatic carbocycles. The van der Waals surface area contributed by atoms with Gasteiger partial charge in [-0.25, -0.2) is 0 Å². The summed E-state index contributed by atoms with van der Waals surface area (Å²) in [7, 11) is 1.30. The van der Waals surface area contributed by atoms with Gasteiger partial charge in [-0.1, -0.05) is 71.7 Å². The van der Waals surface area contributed by atoms with Crippen LogP contribution >= 0.6 is 23.2 Å². The molecular weight excluding hydrogens is 629 g/mol. The summed E-state index contributed by atoms with van der Waals surface area (Å²) >= 11 is 11.9. The van der Waals surface area contributed by atoms with E-state index in [1.807, 2.05) is 42.5 Å². The second-order valence-electron chi connectivity index (χ2n) is 10.3. The monoisotopic (exact) mass is 654 g/mol. The van der Waals surface area contributed by atoms with Crippen LogP contribution in [-0.4, -0.2) is 29.8 Å². The molecule has 0 radical (unpaired) electrons. The SMILES string of the molecule is CN(C(=O)c1cc(C(F)(F)F)cc(C(F)(F)F)c1)C(CCC(=O)NCc1ccc(Cl)c(Cl)c1)Cc1ccc2ccccc2c1. The van der Waals surface area contributed by atoms with Crippen molar-refractivity contribution in [2.45, 2.75) is 44.2 Å². The van der Waals surface area contributed by atoms with Crippen LogP contribution in [0.15, 0.2) is 78.9 Å². The van der Waals surface area contributed by atoms with Gasteiger partial charge in [-0.05, 0) is 65.1 Å². The van der Waals surface area contributed by atoms with E-state index in [4.69, 9.17) is 23.2 Å². The molecule has 1 atom stereocenters. The molecule has 1 unspecified atom stereocenters. The molecule has 12 heteroatoms. The Bertz CT molecular complexity index is 1640. The molecule has 0 saturated carbocycles. The van der Waals surface area contributed by atoms with Crippen LogP contribution in [-0.2, 0) is 30.1 Å². The van der Waals surface area contributed by atoms with Crippen molar-refractivity contribution < 1.29 is 35.9 Å². The van der Waals surface area contributed by atoms with Gasteiger partial charge in [0, 0.05) is 31.6 Å². The fourth-order valence-corrected chi connectivity index (χ4v) is 5.08. The maximum Gasteiger partial charge on any atom is 0.416 e. The van der Waals surface area contributed by atoms with Crippen LogP contribution in [0.2, 0.25) is 10.0 Å². The normalized spacial score (nSPS) is 12.7. The number of halogens is 8. The molecule has 0 aromatic heterocycles. The van der Waals surface area contributed by atoms with E-state index < -0.39 is 41.0 Å². The quantitative estimate of drug-likeness (QED) is 0.183. The van der Waals surface area contributed by atoms with Crippen LogP contribution in [0.4, 0.5) is 26.3 Å². The molecule has 0 aliphatic heterocycles. The highest BCUT2D eigenvalue weighted by Gasteiger charge is 2.38. The van der Waals surface area contributed by atoms with E-state index in [9.17, 15) is 35.9 Å². The van der Waals surface area contributed by atoms with Crippen molar-refractivity contribution in [2.24, 2.45) is 0 Å². The van der Waals surface area contributed by atoms with E-state index in [2.05, 4.69) is 5.32 Å². The highest BCUT2D eigenvalue weighted by molar-refractivity contribution is 6.42. The number of rotatable bonds is 9. The molecule has 0 heterocycles.